The first-order valence-electron chi connectivity index (χ1n) is 4.85. The third-order valence-corrected chi connectivity index (χ3v) is 5.94. The van der Waals surface area contributed by atoms with Gasteiger partial charge in [-0.05, 0) is 6.42 Å². The Balaban J connectivity index is 2.15. The highest BCUT2D eigenvalue weighted by atomic mass is 79.9. The molecule has 1 N–H and O–H groups in total. The molecule has 1 fully saturated rings. The molecular weight excluding hydrogens is 282 g/mol. The van der Waals surface area contributed by atoms with E-state index in [2.05, 4.69) is 21.2 Å². The van der Waals surface area contributed by atoms with Crippen molar-refractivity contribution in [2.75, 3.05) is 23.8 Å². The van der Waals surface area contributed by atoms with Crippen LogP contribution in [0.25, 0.3) is 0 Å². The van der Waals surface area contributed by atoms with Crippen molar-refractivity contribution >= 4 is 45.4 Å². The number of carbonyl (C=O) groups is 1. The van der Waals surface area contributed by atoms with Crippen LogP contribution in [0.3, 0.4) is 0 Å². The summed E-state index contributed by atoms with van der Waals surface area (Å²) in [5.74, 6) is 3.77. The number of hydrogen-bond donors (Lipinski definition) is 1. The van der Waals surface area contributed by atoms with Crippen LogP contribution in [0, 0.1) is 0 Å². The molecule has 0 aliphatic carbocycles. The Morgan fingerprint density at radius 2 is 2.43 bits per heavy atom. The predicted octanol–water partition coefficient (Wildman–Crippen LogP) is 2.12. The van der Waals surface area contributed by atoms with Crippen molar-refractivity contribution in [2.24, 2.45) is 0 Å². The third-order valence-electron chi connectivity index (χ3n) is 2.03. The molecule has 0 spiro atoms. The van der Waals surface area contributed by atoms with E-state index in [1.807, 2.05) is 30.4 Å². The monoisotopic (exact) mass is 297 g/mol. The maximum absolute atomic E-state index is 11.4. The lowest BCUT2D eigenvalue weighted by Crippen LogP contribution is -2.37. The zero-order chi connectivity index (χ0) is 10.4. The van der Waals surface area contributed by atoms with Crippen molar-refractivity contribution in [2.45, 2.75) is 23.4 Å². The van der Waals surface area contributed by atoms with Crippen LogP contribution < -0.4 is 5.32 Å². The molecule has 2 nitrogen and oxygen atoms in total. The van der Waals surface area contributed by atoms with E-state index < -0.39 is 0 Å². The van der Waals surface area contributed by atoms with Crippen LogP contribution in [-0.4, -0.2) is 39.8 Å². The van der Waals surface area contributed by atoms with Crippen molar-refractivity contribution in [3.8, 4) is 0 Å². The van der Waals surface area contributed by atoms with E-state index in [1.54, 1.807) is 0 Å². The summed E-state index contributed by atoms with van der Waals surface area (Å²) in [5, 5.41) is 3.59. The highest BCUT2D eigenvalue weighted by Gasteiger charge is 2.17. The van der Waals surface area contributed by atoms with Gasteiger partial charge in [-0.1, -0.05) is 22.9 Å². The summed E-state index contributed by atoms with van der Waals surface area (Å²) in [4.78, 5) is 11.4. The minimum Gasteiger partial charge on any atom is -0.354 e. The van der Waals surface area contributed by atoms with Crippen LogP contribution in [0.5, 0.6) is 0 Å². The highest BCUT2D eigenvalue weighted by molar-refractivity contribution is 9.10. The highest BCUT2D eigenvalue weighted by Crippen LogP contribution is 2.23. The van der Waals surface area contributed by atoms with Crippen molar-refractivity contribution in [3.05, 3.63) is 0 Å². The second kappa shape index (κ2) is 7.01. The van der Waals surface area contributed by atoms with Gasteiger partial charge < -0.3 is 5.32 Å². The van der Waals surface area contributed by atoms with Gasteiger partial charge in [0.25, 0.3) is 0 Å². The number of alkyl halides is 1. The zero-order valence-electron chi connectivity index (χ0n) is 8.29. The van der Waals surface area contributed by atoms with Gasteiger partial charge >= 0.3 is 0 Å². The number of hydrogen-bond acceptors (Lipinski definition) is 3. The molecule has 0 aromatic carbocycles. The van der Waals surface area contributed by atoms with Crippen LogP contribution in [0.1, 0.15) is 13.3 Å². The van der Waals surface area contributed by atoms with Crippen molar-refractivity contribution < 1.29 is 4.79 Å². The van der Waals surface area contributed by atoms with Gasteiger partial charge in [0.1, 0.15) is 0 Å². The summed E-state index contributed by atoms with van der Waals surface area (Å²) >= 11 is 7.30. The van der Waals surface area contributed by atoms with E-state index in [4.69, 9.17) is 0 Å². The molecule has 2 atom stereocenters. The first-order chi connectivity index (χ1) is 6.74. The van der Waals surface area contributed by atoms with Crippen LogP contribution in [0.4, 0.5) is 0 Å². The van der Waals surface area contributed by atoms with E-state index in [-0.39, 0.29) is 10.7 Å². The minimum absolute atomic E-state index is 0.0243. The summed E-state index contributed by atoms with van der Waals surface area (Å²) in [6.07, 6.45) is 0.846. The molecule has 1 saturated heterocycles. The number of rotatable bonds is 4. The van der Waals surface area contributed by atoms with E-state index in [0.717, 1.165) is 13.0 Å². The molecule has 5 heteroatoms. The number of carbonyl (C=O) groups excluding carboxylic acids is 1. The quantitative estimate of drug-likeness (QED) is 0.806. The molecule has 0 aromatic rings. The Hall–Kier alpha value is 0.650. The number of halogens is 1. The Labute approximate surface area is 102 Å². The van der Waals surface area contributed by atoms with E-state index in [9.17, 15) is 4.79 Å². The predicted molar refractivity (Wildman–Crippen MR) is 69.6 cm³/mol. The van der Waals surface area contributed by atoms with Gasteiger partial charge in [0.15, 0.2) is 0 Å². The third kappa shape index (κ3) is 4.45. The summed E-state index contributed by atoms with van der Waals surface area (Å²) in [7, 11) is 0. The van der Waals surface area contributed by atoms with Crippen molar-refractivity contribution in [1.82, 2.24) is 5.32 Å². The van der Waals surface area contributed by atoms with Gasteiger partial charge in [-0.3, -0.25) is 4.79 Å². The molecule has 82 valence electrons. The Kier molecular flexibility index (Phi) is 6.37. The van der Waals surface area contributed by atoms with Crippen LogP contribution in [-0.2, 0) is 4.79 Å². The van der Waals surface area contributed by atoms with Gasteiger partial charge in [-0.2, -0.15) is 23.5 Å². The van der Waals surface area contributed by atoms with Crippen LogP contribution in [0.15, 0.2) is 0 Å². The summed E-state index contributed by atoms with van der Waals surface area (Å²) in [6.45, 7) is 2.82. The topological polar surface area (TPSA) is 29.1 Å². The van der Waals surface area contributed by atoms with Gasteiger partial charge in [-0.15, -0.1) is 0 Å². The molecular formula is C9H16BrNOS2. The molecule has 1 heterocycles. The molecule has 0 saturated carbocycles. The summed E-state index contributed by atoms with van der Waals surface area (Å²) in [5.41, 5.74) is 0. The fourth-order valence-corrected chi connectivity index (χ4v) is 3.94. The fraction of sp³-hybridized carbons (Fsp3) is 0.889. The van der Waals surface area contributed by atoms with Crippen molar-refractivity contribution in [3.63, 3.8) is 0 Å². The first kappa shape index (κ1) is 12.7. The molecule has 1 amide bonds. The lowest BCUT2D eigenvalue weighted by molar-refractivity contribution is -0.120. The lowest BCUT2D eigenvalue weighted by atomic mass is 10.3. The zero-order valence-corrected chi connectivity index (χ0v) is 11.5. The fourth-order valence-electron chi connectivity index (χ4n) is 1.17. The molecule has 0 radical (unpaired) electrons. The molecule has 14 heavy (non-hydrogen) atoms. The molecule has 1 rings (SSSR count). The van der Waals surface area contributed by atoms with Gasteiger partial charge in [-0.25, -0.2) is 0 Å². The SMILES string of the molecule is CCC(Br)C(=O)NCC1CSCCS1. The smallest absolute Gasteiger partial charge is 0.233 e. The van der Waals surface area contributed by atoms with Gasteiger partial charge in [0.05, 0.1) is 4.83 Å². The summed E-state index contributed by atoms with van der Waals surface area (Å²) < 4.78 is 0. The second-order valence-electron chi connectivity index (χ2n) is 3.19. The van der Waals surface area contributed by atoms with Crippen LogP contribution >= 0.6 is 39.5 Å². The van der Waals surface area contributed by atoms with Crippen molar-refractivity contribution in [1.29, 1.82) is 0 Å². The maximum atomic E-state index is 11.4. The average Bonchev–Trinajstić information content (AvgIpc) is 2.26. The molecule has 0 aromatic heterocycles. The number of thioether (sulfide) groups is 2. The first-order valence-corrected chi connectivity index (χ1v) is 7.97. The standard InChI is InChI=1S/C9H16BrNOS2/c1-2-8(10)9(12)11-5-7-6-13-3-4-14-7/h7-8H,2-6H2,1H3,(H,11,12). The Morgan fingerprint density at radius 3 is 3.00 bits per heavy atom. The largest absolute Gasteiger partial charge is 0.354 e. The molecule has 2 unspecified atom stereocenters. The van der Waals surface area contributed by atoms with E-state index >= 15 is 0 Å². The van der Waals surface area contributed by atoms with Crippen LogP contribution in [0.2, 0.25) is 0 Å². The van der Waals surface area contributed by atoms with Gasteiger partial charge in [0.2, 0.25) is 5.91 Å². The molecule has 0 bridgehead atoms. The van der Waals surface area contributed by atoms with E-state index in [1.165, 1.54) is 17.3 Å². The normalized spacial score (nSPS) is 24.3. The lowest BCUT2D eigenvalue weighted by Gasteiger charge is -2.21. The average molecular weight is 298 g/mol. The number of nitrogens with one attached hydrogen (secondary N) is 1. The number of amides is 1. The van der Waals surface area contributed by atoms with E-state index in [0.29, 0.717) is 5.25 Å². The van der Waals surface area contributed by atoms with Gasteiger partial charge in [0, 0.05) is 29.1 Å². The second-order valence-corrected chi connectivity index (χ2v) is 6.85. The summed E-state index contributed by atoms with van der Waals surface area (Å²) in [6, 6.07) is 0. The minimum atomic E-state index is -0.0243. The molecule has 1 aliphatic heterocycles. The Bertz CT molecular complexity index is 186. The maximum Gasteiger partial charge on any atom is 0.233 e. The Morgan fingerprint density at radius 1 is 1.64 bits per heavy atom. The molecule has 1 aliphatic rings.